The SMILES string of the molecule is CCOCCCn1cc(C)nc1NCC1C(C)(C)C1(C)C. The van der Waals surface area contributed by atoms with Crippen LogP contribution in [0.1, 0.15) is 46.7 Å². The van der Waals surface area contributed by atoms with Crippen LogP contribution >= 0.6 is 0 Å². The fraction of sp³-hybridized carbons (Fsp3) is 0.824. The van der Waals surface area contributed by atoms with Crippen molar-refractivity contribution in [2.24, 2.45) is 16.7 Å². The molecule has 4 heteroatoms. The van der Waals surface area contributed by atoms with Gasteiger partial charge in [-0.3, -0.25) is 0 Å². The second kappa shape index (κ2) is 5.99. The van der Waals surface area contributed by atoms with Crippen molar-refractivity contribution in [2.75, 3.05) is 25.1 Å². The van der Waals surface area contributed by atoms with Gasteiger partial charge >= 0.3 is 0 Å². The minimum absolute atomic E-state index is 0.418. The Kier molecular flexibility index (Phi) is 4.66. The molecule has 2 rings (SSSR count). The second-order valence-corrected chi connectivity index (χ2v) is 7.33. The van der Waals surface area contributed by atoms with Crippen molar-refractivity contribution >= 4 is 5.95 Å². The monoisotopic (exact) mass is 293 g/mol. The Morgan fingerprint density at radius 1 is 1.29 bits per heavy atom. The summed E-state index contributed by atoms with van der Waals surface area (Å²) in [5.74, 6) is 1.71. The van der Waals surface area contributed by atoms with Gasteiger partial charge in [0.2, 0.25) is 5.95 Å². The maximum absolute atomic E-state index is 5.41. The molecule has 1 aliphatic rings. The fourth-order valence-corrected chi connectivity index (χ4v) is 3.38. The molecule has 0 saturated heterocycles. The molecule has 0 bridgehead atoms. The summed E-state index contributed by atoms with van der Waals surface area (Å²) in [4.78, 5) is 4.62. The molecule has 0 amide bonds. The molecule has 1 fully saturated rings. The van der Waals surface area contributed by atoms with Crippen molar-refractivity contribution in [3.8, 4) is 0 Å². The minimum Gasteiger partial charge on any atom is -0.382 e. The molecule has 0 unspecified atom stereocenters. The van der Waals surface area contributed by atoms with Crippen molar-refractivity contribution in [1.29, 1.82) is 0 Å². The predicted molar refractivity (Wildman–Crippen MR) is 87.6 cm³/mol. The van der Waals surface area contributed by atoms with Gasteiger partial charge in [0.05, 0.1) is 5.69 Å². The highest BCUT2D eigenvalue weighted by Gasteiger charge is 2.64. The third kappa shape index (κ3) is 3.25. The number of anilines is 1. The Morgan fingerprint density at radius 3 is 2.52 bits per heavy atom. The van der Waals surface area contributed by atoms with E-state index in [0.29, 0.717) is 16.7 Å². The highest BCUT2D eigenvalue weighted by atomic mass is 16.5. The van der Waals surface area contributed by atoms with E-state index in [0.717, 1.165) is 44.4 Å². The third-order valence-electron chi connectivity index (χ3n) is 5.57. The molecular formula is C17H31N3O. The van der Waals surface area contributed by atoms with Crippen molar-refractivity contribution < 1.29 is 4.74 Å². The summed E-state index contributed by atoms with van der Waals surface area (Å²) < 4.78 is 7.63. The second-order valence-electron chi connectivity index (χ2n) is 7.33. The molecule has 1 N–H and O–H groups in total. The zero-order chi connectivity index (χ0) is 15.7. The Bertz CT molecular complexity index is 462. The first-order chi connectivity index (χ1) is 9.80. The number of hydrogen-bond donors (Lipinski definition) is 1. The van der Waals surface area contributed by atoms with Crippen LogP contribution in [-0.4, -0.2) is 29.3 Å². The number of nitrogens with one attached hydrogen (secondary N) is 1. The van der Waals surface area contributed by atoms with E-state index in [1.54, 1.807) is 0 Å². The maximum Gasteiger partial charge on any atom is 0.203 e. The first kappa shape index (κ1) is 16.3. The highest BCUT2D eigenvalue weighted by Crippen LogP contribution is 2.68. The minimum atomic E-state index is 0.418. The normalized spacial score (nSPS) is 19.7. The van der Waals surface area contributed by atoms with E-state index in [1.807, 2.05) is 6.92 Å². The zero-order valence-corrected chi connectivity index (χ0v) is 14.5. The van der Waals surface area contributed by atoms with Crippen LogP contribution in [0.25, 0.3) is 0 Å². The lowest BCUT2D eigenvalue weighted by Gasteiger charge is -2.10. The van der Waals surface area contributed by atoms with E-state index in [1.165, 1.54) is 0 Å². The first-order valence-corrected chi connectivity index (χ1v) is 8.16. The molecule has 1 aromatic heterocycles. The summed E-state index contributed by atoms with van der Waals surface area (Å²) in [6.45, 7) is 17.1. The van der Waals surface area contributed by atoms with E-state index in [9.17, 15) is 0 Å². The molecule has 0 spiro atoms. The van der Waals surface area contributed by atoms with E-state index < -0.39 is 0 Å². The van der Waals surface area contributed by atoms with Crippen molar-refractivity contribution in [3.63, 3.8) is 0 Å². The van der Waals surface area contributed by atoms with Gasteiger partial charge < -0.3 is 14.6 Å². The average Bonchev–Trinajstić information content (AvgIpc) is 2.69. The molecule has 0 aromatic carbocycles. The van der Waals surface area contributed by atoms with Crippen LogP contribution in [0.3, 0.4) is 0 Å². The summed E-state index contributed by atoms with van der Waals surface area (Å²) in [6, 6.07) is 0. The van der Waals surface area contributed by atoms with Gasteiger partial charge in [0.1, 0.15) is 0 Å². The number of rotatable bonds is 8. The quantitative estimate of drug-likeness (QED) is 0.743. The van der Waals surface area contributed by atoms with Gasteiger partial charge in [-0.2, -0.15) is 0 Å². The number of imidazole rings is 1. The number of aryl methyl sites for hydroxylation is 2. The molecule has 0 radical (unpaired) electrons. The van der Waals surface area contributed by atoms with Gasteiger partial charge in [-0.15, -0.1) is 0 Å². The molecule has 4 nitrogen and oxygen atoms in total. The molecule has 1 aromatic rings. The first-order valence-electron chi connectivity index (χ1n) is 8.16. The van der Waals surface area contributed by atoms with Crippen LogP contribution in [0.4, 0.5) is 5.95 Å². The van der Waals surface area contributed by atoms with Crippen LogP contribution < -0.4 is 5.32 Å². The van der Waals surface area contributed by atoms with E-state index in [2.05, 4.69) is 55.7 Å². The van der Waals surface area contributed by atoms with Crippen LogP contribution in [0, 0.1) is 23.7 Å². The number of ether oxygens (including phenoxy) is 1. The number of aromatic nitrogens is 2. The molecular weight excluding hydrogens is 262 g/mol. The van der Waals surface area contributed by atoms with Gasteiger partial charge in [-0.25, -0.2) is 4.98 Å². The Morgan fingerprint density at radius 2 is 1.95 bits per heavy atom. The molecule has 0 atom stereocenters. The molecule has 0 aliphatic heterocycles. The summed E-state index contributed by atoms with van der Waals surface area (Å²) in [5, 5.41) is 3.56. The van der Waals surface area contributed by atoms with Gasteiger partial charge in [0, 0.05) is 32.5 Å². The van der Waals surface area contributed by atoms with Crippen LogP contribution in [0.5, 0.6) is 0 Å². The van der Waals surface area contributed by atoms with Gasteiger partial charge in [0.25, 0.3) is 0 Å². The Hall–Kier alpha value is -1.03. The summed E-state index contributed by atoms with van der Waals surface area (Å²) in [6.07, 6.45) is 3.15. The maximum atomic E-state index is 5.41. The van der Waals surface area contributed by atoms with E-state index >= 15 is 0 Å². The van der Waals surface area contributed by atoms with Crippen LogP contribution in [0.2, 0.25) is 0 Å². The van der Waals surface area contributed by atoms with E-state index in [-0.39, 0.29) is 0 Å². The number of hydrogen-bond acceptors (Lipinski definition) is 3. The smallest absolute Gasteiger partial charge is 0.203 e. The lowest BCUT2D eigenvalue weighted by atomic mass is 10.0. The Labute approximate surface area is 129 Å². The molecule has 1 saturated carbocycles. The zero-order valence-electron chi connectivity index (χ0n) is 14.5. The predicted octanol–water partition coefficient (Wildman–Crippen LogP) is 3.71. The number of nitrogens with zero attached hydrogens (tertiary/aromatic N) is 2. The van der Waals surface area contributed by atoms with Crippen LogP contribution in [-0.2, 0) is 11.3 Å². The summed E-state index contributed by atoms with van der Waals surface area (Å²) in [5.41, 5.74) is 1.91. The van der Waals surface area contributed by atoms with Gasteiger partial charge in [-0.1, -0.05) is 27.7 Å². The van der Waals surface area contributed by atoms with E-state index in [4.69, 9.17) is 4.74 Å². The standard InChI is InChI=1S/C17H31N3O/c1-7-21-10-8-9-20-12-13(2)19-15(20)18-11-14-16(3,4)17(14,5)6/h12,14H,7-11H2,1-6H3,(H,18,19). The molecule has 1 aliphatic carbocycles. The average molecular weight is 293 g/mol. The molecule has 1 heterocycles. The lowest BCUT2D eigenvalue weighted by molar-refractivity contribution is 0.142. The largest absolute Gasteiger partial charge is 0.382 e. The summed E-state index contributed by atoms with van der Waals surface area (Å²) in [7, 11) is 0. The van der Waals surface area contributed by atoms with Crippen molar-refractivity contribution in [3.05, 3.63) is 11.9 Å². The Balaban J connectivity index is 1.89. The van der Waals surface area contributed by atoms with Gasteiger partial charge in [0.15, 0.2) is 0 Å². The molecule has 120 valence electrons. The molecule has 21 heavy (non-hydrogen) atoms. The lowest BCUT2D eigenvalue weighted by Crippen LogP contribution is -2.13. The van der Waals surface area contributed by atoms with Crippen LogP contribution in [0.15, 0.2) is 6.20 Å². The fourth-order valence-electron chi connectivity index (χ4n) is 3.38. The summed E-state index contributed by atoms with van der Waals surface area (Å²) >= 11 is 0. The third-order valence-corrected chi connectivity index (χ3v) is 5.57. The van der Waals surface area contributed by atoms with Gasteiger partial charge in [-0.05, 0) is 37.0 Å². The highest BCUT2D eigenvalue weighted by molar-refractivity contribution is 5.30. The topological polar surface area (TPSA) is 39.1 Å². The van der Waals surface area contributed by atoms with Crippen molar-refractivity contribution in [1.82, 2.24) is 9.55 Å². The van der Waals surface area contributed by atoms with Crippen molar-refractivity contribution in [2.45, 2.75) is 54.5 Å².